The number of hydrogen-bond acceptors (Lipinski definition) is 5. The van der Waals surface area contributed by atoms with Gasteiger partial charge in [-0.2, -0.15) is 0 Å². The second-order valence-corrected chi connectivity index (χ2v) is 9.64. The quantitative estimate of drug-likeness (QED) is 0.325. The smallest absolute Gasteiger partial charge is 0.209 e. The molecule has 1 aliphatic heterocycles. The van der Waals surface area contributed by atoms with Crippen molar-refractivity contribution in [1.29, 1.82) is 0 Å². The fraction of sp³-hybridized carbons (Fsp3) is 0.200. The van der Waals surface area contributed by atoms with Gasteiger partial charge >= 0.3 is 0 Å². The van der Waals surface area contributed by atoms with E-state index in [2.05, 4.69) is 33.1 Å². The zero-order valence-corrected chi connectivity index (χ0v) is 20.6. The van der Waals surface area contributed by atoms with Gasteiger partial charge in [-0.25, -0.2) is 4.98 Å². The van der Waals surface area contributed by atoms with Crippen molar-refractivity contribution in [2.45, 2.75) is 24.8 Å². The molecule has 2 atom stereocenters. The lowest BCUT2D eigenvalue weighted by atomic mass is 9.77. The van der Waals surface area contributed by atoms with Gasteiger partial charge in [-0.15, -0.1) is 0 Å². The minimum Gasteiger partial charge on any atom is -0.497 e. The maximum atomic E-state index is 14.0. The molecule has 2 aromatic heterocycles. The molecule has 2 aliphatic rings. The number of anilines is 1. The normalized spacial score (nSPS) is 19.0. The highest BCUT2D eigenvalue weighted by atomic mass is 16.5. The monoisotopic (exact) mass is 490 g/mol. The van der Waals surface area contributed by atoms with Gasteiger partial charge in [0, 0.05) is 52.3 Å². The molecule has 37 heavy (non-hydrogen) atoms. The number of methoxy groups -OCH3 is 2. The van der Waals surface area contributed by atoms with E-state index in [0.717, 1.165) is 61.8 Å². The van der Waals surface area contributed by atoms with Gasteiger partial charge < -0.3 is 19.8 Å². The molecule has 7 heteroatoms. The highest BCUT2D eigenvalue weighted by Crippen LogP contribution is 2.48. The topological polar surface area (TPSA) is 81.2 Å². The summed E-state index contributed by atoms with van der Waals surface area (Å²) in [7, 11) is 3.29. The lowest BCUT2D eigenvalue weighted by molar-refractivity contribution is -0.116. The summed E-state index contributed by atoms with van der Waals surface area (Å²) in [4.78, 5) is 22.4. The van der Waals surface area contributed by atoms with Crippen LogP contribution in [0.2, 0.25) is 0 Å². The number of hydrogen-bond donors (Lipinski definition) is 2. The molecule has 0 saturated carbocycles. The third-order valence-corrected chi connectivity index (χ3v) is 7.69. The zero-order valence-electron chi connectivity index (χ0n) is 20.6. The van der Waals surface area contributed by atoms with E-state index in [1.165, 1.54) is 0 Å². The van der Waals surface area contributed by atoms with Crippen LogP contribution in [0.5, 0.6) is 11.5 Å². The summed E-state index contributed by atoms with van der Waals surface area (Å²) in [6.07, 6.45) is 3.13. The highest BCUT2D eigenvalue weighted by molar-refractivity contribution is 6.02. The Balaban J connectivity index is 1.41. The molecule has 1 aliphatic carbocycles. The molecule has 3 aromatic carbocycles. The van der Waals surface area contributed by atoms with E-state index in [1.54, 1.807) is 14.2 Å². The molecule has 0 bridgehead atoms. The Labute approximate surface area is 213 Å². The van der Waals surface area contributed by atoms with Crippen LogP contribution in [0.4, 0.5) is 5.95 Å². The third-order valence-electron chi connectivity index (χ3n) is 7.69. The summed E-state index contributed by atoms with van der Waals surface area (Å²) in [6.45, 7) is 0. The molecule has 7 rings (SSSR count). The maximum Gasteiger partial charge on any atom is 0.209 e. The van der Waals surface area contributed by atoms with Gasteiger partial charge in [0.15, 0.2) is 5.78 Å². The van der Waals surface area contributed by atoms with Crippen molar-refractivity contribution in [3.8, 4) is 11.5 Å². The van der Waals surface area contributed by atoms with Gasteiger partial charge in [0.05, 0.1) is 31.3 Å². The summed E-state index contributed by atoms with van der Waals surface area (Å²) in [5, 5.41) is 4.66. The first-order valence-electron chi connectivity index (χ1n) is 12.4. The number of Topliss-reactive ketones (excluding diaryl/α,β-unsaturated/α-hetero) is 1. The first-order valence-corrected chi connectivity index (χ1v) is 12.4. The molecule has 184 valence electrons. The molecule has 2 N–H and O–H groups in total. The van der Waals surface area contributed by atoms with Gasteiger partial charge in [0.25, 0.3) is 0 Å². The molecular weight excluding hydrogens is 464 g/mol. The van der Waals surface area contributed by atoms with Crippen molar-refractivity contribution in [3.05, 3.63) is 95.3 Å². The van der Waals surface area contributed by atoms with Crippen molar-refractivity contribution < 1.29 is 14.3 Å². The molecular formula is C30H26N4O3. The van der Waals surface area contributed by atoms with Crippen LogP contribution in [-0.2, 0) is 4.79 Å². The minimum atomic E-state index is -0.277. The van der Waals surface area contributed by atoms with Gasteiger partial charge in [0.1, 0.15) is 11.5 Å². The Bertz CT molecular complexity index is 1730. The predicted molar refractivity (Wildman–Crippen MR) is 143 cm³/mol. The lowest BCUT2D eigenvalue weighted by Gasteiger charge is -2.36. The van der Waals surface area contributed by atoms with E-state index < -0.39 is 0 Å². The largest absolute Gasteiger partial charge is 0.497 e. The number of ketones is 1. The van der Waals surface area contributed by atoms with Crippen LogP contribution in [0.15, 0.2) is 84.2 Å². The van der Waals surface area contributed by atoms with Crippen LogP contribution < -0.4 is 14.8 Å². The number of nitrogens with zero attached hydrogens (tertiary/aromatic N) is 2. The Morgan fingerprint density at radius 1 is 0.946 bits per heavy atom. The van der Waals surface area contributed by atoms with E-state index in [9.17, 15) is 4.79 Å². The highest BCUT2D eigenvalue weighted by Gasteiger charge is 2.40. The van der Waals surface area contributed by atoms with Gasteiger partial charge in [-0.3, -0.25) is 9.36 Å². The van der Waals surface area contributed by atoms with Crippen LogP contribution in [0, 0.1) is 0 Å². The number of H-pyrrole nitrogens is 1. The van der Waals surface area contributed by atoms with Gasteiger partial charge in [0.2, 0.25) is 5.95 Å². The number of allylic oxidation sites excluding steroid dienone is 2. The molecule has 0 radical (unpaired) electrons. The molecule has 0 spiro atoms. The van der Waals surface area contributed by atoms with E-state index >= 15 is 0 Å². The molecule has 7 nitrogen and oxygen atoms in total. The summed E-state index contributed by atoms with van der Waals surface area (Å²) in [5.41, 5.74) is 6.76. The summed E-state index contributed by atoms with van der Waals surface area (Å²) in [6, 6.07) is 21.9. The third kappa shape index (κ3) is 3.27. The standard InChI is InChI=1S/C30H26N4O3/c1-36-18-11-12-19(27(15-18)37-2)17-13-24-28(26(35)14-17)29(21-16-31-22-8-4-3-7-20(21)22)34-25-10-6-5-9-23(25)32-30(34)33-24/h3-12,15-17,29,31H,13-14H2,1-2H3,(H,32,33)/t17-,29+/m0/s1. The number of aromatic amines is 1. The average molecular weight is 491 g/mol. The number of ether oxygens (including phenoxy) is 2. The Kier molecular flexibility index (Phi) is 4.86. The Morgan fingerprint density at radius 3 is 2.65 bits per heavy atom. The number of imidazole rings is 1. The van der Waals surface area contributed by atoms with Crippen molar-refractivity contribution >= 4 is 33.7 Å². The number of carbonyl (C=O) groups is 1. The van der Waals surface area contributed by atoms with Crippen LogP contribution in [0.1, 0.15) is 35.9 Å². The van der Waals surface area contributed by atoms with Crippen molar-refractivity contribution in [2.75, 3.05) is 19.5 Å². The second-order valence-electron chi connectivity index (χ2n) is 9.64. The lowest BCUT2D eigenvalue weighted by Crippen LogP contribution is -2.33. The second kappa shape index (κ2) is 8.27. The molecule has 0 unspecified atom stereocenters. The number of aromatic nitrogens is 3. The number of carbonyl (C=O) groups excluding carboxylic acids is 1. The molecule has 0 fully saturated rings. The van der Waals surface area contributed by atoms with E-state index in [-0.39, 0.29) is 17.7 Å². The summed E-state index contributed by atoms with van der Waals surface area (Å²) in [5.74, 6) is 2.34. The van der Waals surface area contributed by atoms with Gasteiger partial charge in [-0.05, 0) is 36.2 Å². The molecule has 0 amide bonds. The Hall–Kier alpha value is -4.52. The number of fused-ring (bicyclic) bond motifs is 4. The maximum absolute atomic E-state index is 14.0. The van der Waals surface area contributed by atoms with Gasteiger partial charge in [-0.1, -0.05) is 36.4 Å². The molecule has 5 aromatic rings. The minimum absolute atomic E-state index is 0.0147. The fourth-order valence-electron chi connectivity index (χ4n) is 6.01. The first-order chi connectivity index (χ1) is 18.2. The van der Waals surface area contributed by atoms with Crippen molar-refractivity contribution in [2.24, 2.45) is 0 Å². The van der Waals surface area contributed by atoms with E-state index in [1.807, 2.05) is 54.7 Å². The van der Waals surface area contributed by atoms with E-state index in [0.29, 0.717) is 12.8 Å². The number of para-hydroxylation sites is 3. The zero-order chi connectivity index (χ0) is 25.1. The van der Waals surface area contributed by atoms with Crippen LogP contribution in [0.3, 0.4) is 0 Å². The number of nitrogens with one attached hydrogen (secondary N) is 2. The van der Waals surface area contributed by atoms with Crippen LogP contribution >= 0.6 is 0 Å². The van der Waals surface area contributed by atoms with Crippen LogP contribution in [0.25, 0.3) is 21.9 Å². The average Bonchev–Trinajstić information content (AvgIpc) is 3.52. The van der Waals surface area contributed by atoms with Crippen molar-refractivity contribution in [3.63, 3.8) is 0 Å². The first kappa shape index (κ1) is 21.7. The number of benzene rings is 3. The predicted octanol–water partition coefficient (Wildman–Crippen LogP) is 5.95. The summed E-state index contributed by atoms with van der Waals surface area (Å²) >= 11 is 0. The molecule has 3 heterocycles. The Morgan fingerprint density at radius 2 is 1.78 bits per heavy atom. The van der Waals surface area contributed by atoms with E-state index in [4.69, 9.17) is 14.5 Å². The molecule has 0 saturated heterocycles. The fourth-order valence-corrected chi connectivity index (χ4v) is 6.01. The SMILES string of the molecule is COc1ccc([C@@H]2CC(=O)C3=C(C2)Nc2nc4ccccc4n2[C@@H]3c2c[nH]c3ccccc23)c(OC)c1. The summed E-state index contributed by atoms with van der Waals surface area (Å²) < 4.78 is 13.2. The van der Waals surface area contributed by atoms with Crippen molar-refractivity contribution in [1.82, 2.24) is 14.5 Å². The van der Waals surface area contributed by atoms with Crippen LogP contribution in [-0.4, -0.2) is 34.5 Å². The number of rotatable bonds is 4.